The Kier molecular flexibility index (Phi) is 18.7. The van der Waals surface area contributed by atoms with E-state index >= 15 is 0 Å². The monoisotopic (exact) mass is 256 g/mol. The molecule has 0 amide bonds. The van der Waals surface area contributed by atoms with E-state index < -0.39 is 0 Å². The van der Waals surface area contributed by atoms with Crippen molar-refractivity contribution < 1.29 is 49.8 Å². The molecule has 1 aliphatic rings. The van der Waals surface area contributed by atoms with Crippen LogP contribution in [0, 0.1) is 26.7 Å². The second-order valence-electron chi connectivity index (χ2n) is 2.22. The molecule has 0 saturated heterocycles. The molecule has 0 nitrogen and oxygen atoms in total. The molecule has 1 atom stereocenters. The molecule has 0 aliphatic heterocycles. The maximum Gasteiger partial charge on any atom is 2.00 e. The van der Waals surface area contributed by atoms with Crippen LogP contribution in [0.3, 0.4) is 0 Å². The molecule has 0 aromatic rings. The molecule has 0 N–H and O–H groups in total. The summed E-state index contributed by atoms with van der Waals surface area (Å²) in [6.07, 6.45) is 7.64. The molecule has 0 heterocycles. The Morgan fingerprint density at radius 2 is 2.10 bits per heavy atom. The Hall–Kier alpha value is 1.62. The van der Waals surface area contributed by atoms with Crippen molar-refractivity contribution >= 4 is 0 Å². The minimum Gasteiger partial charge on any atom is -0.358 e. The molecule has 1 rings (SSSR count). The summed E-state index contributed by atoms with van der Waals surface area (Å²) in [4.78, 5) is 0. The molecule has 1 fully saturated rings. The summed E-state index contributed by atoms with van der Waals surface area (Å²) in [6.45, 7) is 3.84. The first-order valence-corrected chi connectivity index (χ1v) is 3.06. The molecule has 10 heavy (non-hydrogen) atoms. The average molecular weight is 256 g/mol. The van der Waals surface area contributed by atoms with Gasteiger partial charge in [0.25, 0.3) is 0 Å². The summed E-state index contributed by atoms with van der Waals surface area (Å²) in [5.74, 6) is 0.861. The van der Waals surface area contributed by atoms with Crippen molar-refractivity contribution in [1.82, 2.24) is 0 Å². The van der Waals surface area contributed by atoms with Gasteiger partial charge in [-0.3, -0.25) is 0 Å². The van der Waals surface area contributed by atoms with E-state index in [9.17, 15) is 0 Å². The quantitative estimate of drug-likeness (QED) is 0.499. The van der Waals surface area contributed by atoms with E-state index in [1.54, 1.807) is 0 Å². The molecule has 1 unspecified atom stereocenters. The van der Waals surface area contributed by atoms with Crippen molar-refractivity contribution in [3.8, 4) is 0 Å². The van der Waals surface area contributed by atoms with Gasteiger partial charge in [-0.15, -0.1) is 0 Å². The Morgan fingerprint density at radius 3 is 2.30 bits per heavy atom. The van der Waals surface area contributed by atoms with Crippen LogP contribution < -0.4 is 0 Å². The predicted octanol–water partition coefficient (Wildman–Crippen LogP) is 2.66. The molecule has 59 valence electrons. The van der Waals surface area contributed by atoms with Crippen LogP contribution in [0.4, 0.5) is 0 Å². The van der Waals surface area contributed by atoms with Crippen molar-refractivity contribution in [2.45, 2.75) is 25.7 Å². The summed E-state index contributed by atoms with van der Waals surface area (Å²) < 4.78 is 0. The second-order valence-corrected chi connectivity index (χ2v) is 2.22. The second kappa shape index (κ2) is 10.6. The molecule has 0 spiro atoms. The summed E-state index contributed by atoms with van der Waals surface area (Å²) in [5.41, 5.74) is 0. The third-order valence-corrected chi connectivity index (χ3v) is 1.65. The van der Waals surface area contributed by atoms with E-state index in [1.807, 2.05) is 0 Å². The van der Waals surface area contributed by atoms with Crippen LogP contribution in [0.25, 0.3) is 0 Å². The molecule has 0 aromatic carbocycles. The molecule has 2 heteroatoms. The minimum absolute atomic E-state index is 0. The standard InChI is InChI=1S/C7H12.CH3.Fe.Y/c1-2-7-5-3-4-6-7;;;/h5,7H,1-4,6H2;1H3;;/q-2;-1;+2;. The van der Waals surface area contributed by atoms with Crippen LogP contribution in [-0.2, 0) is 49.8 Å². The van der Waals surface area contributed by atoms with Crippen molar-refractivity contribution in [3.05, 3.63) is 20.8 Å². The molecular formula is C8H15FeY-. The maximum absolute atomic E-state index is 3.84. The molecule has 1 radical (unpaired) electrons. The van der Waals surface area contributed by atoms with Gasteiger partial charge in [-0.1, -0.05) is 12.8 Å². The van der Waals surface area contributed by atoms with E-state index in [0.717, 1.165) is 12.3 Å². The van der Waals surface area contributed by atoms with E-state index in [2.05, 4.69) is 13.3 Å². The minimum atomic E-state index is 0. The number of hydrogen-bond donors (Lipinski definition) is 0. The first kappa shape index (κ1) is 17.6. The van der Waals surface area contributed by atoms with E-state index in [-0.39, 0.29) is 57.2 Å². The zero-order valence-corrected chi connectivity index (χ0v) is 10.6. The number of rotatable bonds is 1. The van der Waals surface area contributed by atoms with Crippen LogP contribution in [0.1, 0.15) is 25.7 Å². The van der Waals surface area contributed by atoms with Gasteiger partial charge >= 0.3 is 17.1 Å². The van der Waals surface area contributed by atoms with Crippen LogP contribution in [0.2, 0.25) is 0 Å². The first-order chi connectivity index (χ1) is 3.43. The summed E-state index contributed by atoms with van der Waals surface area (Å²) in [7, 11) is 0. The fraction of sp³-hybridized carbons (Fsp3) is 0.625. The molecule has 0 aromatic heterocycles. The third-order valence-electron chi connectivity index (χ3n) is 1.65. The zero-order valence-electron chi connectivity index (χ0n) is 6.62. The van der Waals surface area contributed by atoms with Gasteiger partial charge in [0.2, 0.25) is 0 Å². The van der Waals surface area contributed by atoms with Gasteiger partial charge in [-0.2, -0.15) is 12.3 Å². The molecule has 0 bridgehead atoms. The smallest absolute Gasteiger partial charge is 0.358 e. The first-order valence-electron chi connectivity index (χ1n) is 3.06. The van der Waals surface area contributed by atoms with Gasteiger partial charge in [0.1, 0.15) is 0 Å². The summed E-state index contributed by atoms with van der Waals surface area (Å²) in [6, 6.07) is 0. The molecule has 1 saturated carbocycles. The van der Waals surface area contributed by atoms with Crippen LogP contribution in [0.15, 0.2) is 0 Å². The topological polar surface area (TPSA) is 0 Å². The van der Waals surface area contributed by atoms with Crippen molar-refractivity contribution in [1.29, 1.82) is 0 Å². The van der Waals surface area contributed by atoms with Gasteiger partial charge in [0.05, 0.1) is 0 Å². The van der Waals surface area contributed by atoms with Crippen LogP contribution in [-0.4, -0.2) is 0 Å². The average Bonchev–Trinajstić information content (AvgIpc) is 2.14. The van der Waals surface area contributed by atoms with Gasteiger partial charge in [0, 0.05) is 32.7 Å². The summed E-state index contributed by atoms with van der Waals surface area (Å²) in [5, 5.41) is 0. The van der Waals surface area contributed by atoms with E-state index in [0.29, 0.717) is 0 Å². The Labute approximate surface area is 101 Å². The fourth-order valence-corrected chi connectivity index (χ4v) is 1.11. The van der Waals surface area contributed by atoms with Crippen molar-refractivity contribution in [2.24, 2.45) is 5.92 Å². The largest absolute Gasteiger partial charge is 2.00 e. The number of hydrogen-bond acceptors (Lipinski definition) is 0. The summed E-state index contributed by atoms with van der Waals surface area (Å²) >= 11 is 0. The Morgan fingerprint density at radius 1 is 1.50 bits per heavy atom. The van der Waals surface area contributed by atoms with Crippen LogP contribution >= 0.6 is 0 Å². The predicted molar refractivity (Wildman–Crippen MR) is 38.0 cm³/mol. The van der Waals surface area contributed by atoms with E-state index in [4.69, 9.17) is 0 Å². The zero-order chi connectivity index (χ0) is 5.11. The third kappa shape index (κ3) is 6.34. The fourth-order valence-electron chi connectivity index (χ4n) is 1.11. The van der Waals surface area contributed by atoms with Crippen molar-refractivity contribution in [2.75, 3.05) is 0 Å². The van der Waals surface area contributed by atoms with Crippen molar-refractivity contribution in [3.63, 3.8) is 0 Å². The normalized spacial score (nSPS) is 21.9. The van der Waals surface area contributed by atoms with Crippen LogP contribution in [0.5, 0.6) is 0 Å². The van der Waals surface area contributed by atoms with Gasteiger partial charge in [0.15, 0.2) is 0 Å². The maximum atomic E-state index is 3.84. The SMILES string of the molecule is [CH2-]CC1[CH-]CCC1.[CH3-].[Fe+2].[Y]. The Bertz CT molecular complexity index is 51.2. The van der Waals surface area contributed by atoms with Gasteiger partial charge < -0.3 is 20.8 Å². The van der Waals surface area contributed by atoms with Gasteiger partial charge in [-0.25, -0.2) is 6.42 Å². The van der Waals surface area contributed by atoms with Gasteiger partial charge in [-0.05, 0) is 0 Å². The molecular weight excluding hydrogens is 241 g/mol. The van der Waals surface area contributed by atoms with E-state index in [1.165, 1.54) is 19.3 Å². The Balaban J connectivity index is -0.000000163. The molecule has 1 aliphatic carbocycles.